The SMILES string of the molecule is Cc1ncc(C(=O)N(C)C[C@@H]2C[C@H](F)CN2Cc2cnn(C)c2)[nH]1. The summed E-state index contributed by atoms with van der Waals surface area (Å²) < 4.78 is 15.7. The van der Waals surface area contributed by atoms with Gasteiger partial charge in [-0.15, -0.1) is 0 Å². The Morgan fingerprint density at radius 1 is 1.50 bits per heavy atom. The number of H-pyrrole nitrogens is 1. The summed E-state index contributed by atoms with van der Waals surface area (Å²) in [6.07, 6.45) is 4.86. The van der Waals surface area contributed by atoms with Gasteiger partial charge < -0.3 is 9.88 Å². The number of likely N-dealkylation sites (tertiary alicyclic amines) is 1. The van der Waals surface area contributed by atoms with Crippen molar-refractivity contribution in [3.63, 3.8) is 0 Å². The Labute approximate surface area is 140 Å². The van der Waals surface area contributed by atoms with Gasteiger partial charge in [0.15, 0.2) is 0 Å². The van der Waals surface area contributed by atoms with Gasteiger partial charge in [-0.3, -0.25) is 14.4 Å². The van der Waals surface area contributed by atoms with Gasteiger partial charge in [0.1, 0.15) is 17.7 Å². The van der Waals surface area contributed by atoms with Gasteiger partial charge in [0.2, 0.25) is 0 Å². The fraction of sp³-hybridized carbons (Fsp3) is 0.562. The second-order valence-corrected chi connectivity index (χ2v) is 6.51. The van der Waals surface area contributed by atoms with Crippen LogP contribution in [0.5, 0.6) is 0 Å². The quantitative estimate of drug-likeness (QED) is 0.890. The Kier molecular flexibility index (Phi) is 4.66. The molecule has 0 bridgehead atoms. The lowest BCUT2D eigenvalue weighted by Gasteiger charge is -2.27. The average molecular weight is 334 g/mol. The fourth-order valence-electron chi connectivity index (χ4n) is 3.23. The van der Waals surface area contributed by atoms with Crippen molar-refractivity contribution in [1.82, 2.24) is 29.5 Å². The number of hydrogen-bond donors (Lipinski definition) is 1. The van der Waals surface area contributed by atoms with Crippen LogP contribution in [0.3, 0.4) is 0 Å². The van der Waals surface area contributed by atoms with Gasteiger partial charge in [-0.25, -0.2) is 9.37 Å². The molecule has 7 nitrogen and oxygen atoms in total. The van der Waals surface area contributed by atoms with Crippen LogP contribution in [0, 0.1) is 6.92 Å². The Bertz CT molecular complexity index is 711. The summed E-state index contributed by atoms with van der Waals surface area (Å²) in [4.78, 5) is 23.1. The molecular formula is C16H23FN6O. The first-order valence-corrected chi connectivity index (χ1v) is 8.05. The van der Waals surface area contributed by atoms with Gasteiger partial charge in [0.25, 0.3) is 5.91 Å². The molecule has 3 rings (SSSR count). The summed E-state index contributed by atoms with van der Waals surface area (Å²) in [6, 6.07) is -0.00169. The number of rotatable bonds is 5. The molecule has 2 aromatic heterocycles. The maximum atomic E-state index is 13.9. The second kappa shape index (κ2) is 6.72. The lowest BCUT2D eigenvalue weighted by molar-refractivity contribution is 0.0744. The second-order valence-electron chi connectivity index (χ2n) is 6.51. The van der Waals surface area contributed by atoms with Crippen molar-refractivity contribution < 1.29 is 9.18 Å². The fourth-order valence-corrected chi connectivity index (χ4v) is 3.23. The number of alkyl halides is 1. The molecule has 24 heavy (non-hydrogen) atoms. The van der Waals surface area contributed by atoms with Crippen molar-refractivity contribution >= 4 is 5.91 Å². The molecule has 0 unspecified atom stereocenters. The third-order valence-corrected chi connectivity index (χ3v) is 4.39. The molecule has 130 valence electrons. The number of imidazole rings is 1. The Morgan fingerprint density at radius 2 is 2.29 bits per heavy atom. The van der Waals surface area contributed by atoms with Crippen molar-refractivity contribution in [2.75, 3.05) is 20.1 Å². The average Bonchev–Trinajstić information content (AvgIpc) is 3.21. The van der Waals surface area contributed by atoms with Crippen LogP contribution >= 0.6 is 0 Å². The van der Waals surface area contributed by atoms with E-state index in [-0.39, 0.29) is 11.9 Å². The normalized spacial score (nSPS) is 21.3. The smallest absolute Gasteiger partial charge is 0.271 e. The summed E-state index contributed by atoms with van der Waals surface area (Å²) in [5, 5.41) is 4.15. The van der Waals surface area contributed by atoms with E-state index in [9.17, 15) is 9.18 Å². The van der Waals surface area contributed by atoms with E-state index in [1.54, 1.807) is 29.7 Å². The van der Waals surface area contributed by atoms with Crippen molar-refractivity contribution in [2.24, 2.45) is 7.05 Å². The molecule has 1 fully saturated rings. The van der Waals surface area contributed by atoms with E-state index in [0.29, 0.717) is 37.6 Å². The van der Waals surface area contributed by atoms with E-state index < -0.39 is 6.17 Å². The van der Waals surface area contributed by atoms with E-state index >= 15 is 0 Å². The predicted octanol–water partition coefficient (Wildman–Crippen LogP) is 1.14. The zero-order valence-electron chi connectivity index (χ0n) is 14.2. The third-order valence-electron chi connectivity index (χ3n) is 4.39. The van der Waals surface area contributed by atoms with Gasteiger partial charge in [0, 0.05) is 51.5 Å². The van der Waals surface area contributed by atoms with Crippen LogP contribution in [0.1, 0.15) is 28.3 Å². The molecule has 1 aliphatic rings. The molecule has 2 atom stereocenters. The van der Waals surface area contributed by atoms with Crippen LogP contribution in [0.2, 0.25) is 0 Å². The van der Waals surface area contributed by atoms with E-state index in [1.165, 1.54) is 6.20 Å². The van der Waals surface area contributed by atoms with Crippen LogP contribution in [0.25, 0.3) is 0 Å². The number of nitrogens with one attached hydrogen (secondary N) is 1. The highest BCUT2D eigenvalue weighted by atomic mass is 19.1. The number of amides is 1. The maximum Gasteiger partial charge on any atom is 0.271 e. The van der Waals surface area contributed by atoms with Gasteiger partial charge in [-0.2, -0.15) is 5.10 Å². The predicted molar refractivity (Wildman–Crippen MR) is 87.2 cm³/mol. The molecule has 0 spiro atoms. The molecule has 2 aromatic rings. The lowest BCUT2D eigenvalue weighted by atomic mass is 10.2. The van der Waals surface area contributed by atoms with Crippen LogP contribution in [0.15, 0.2) is 18.6 Å². The van der Waals surface area contributed by atoms with Crippen molar-refractivity contribution in [2.45, 2.75) is 32.1 Å². The van der Waals surface area contributed by atoms with Crippen LogP contribution < -0.4 is 0 Å². The monoisotopic (exact) mass is 334 g/mol. The van der Waals surface area contributed by atoms with Crippen molar-refractivity contribution in [3.05, 3.63) is 35.7 Å². The highest BCUT2D eigenvalue weighted by Gasteiger charge is 2.33. The number of hydrogen-bond acceptors (Lipinski definition) is 4. The summed E-state index contributed by atoms with van der Waals surface area (Å²) in [5.74, 6) is 0.578. The number of likely N-dealkylation sites (N-methyl/N-ethyl adjacent to an activating group) is 1. The Balaban J connectivity index is 1.64. The standard InChI is InChI=1S/C16H23FN6O/c1-11-18-6-15(20-11)16(24)21(2)10-14-4-13(17)9-23(14)8-12-5-19-22(3)7-12/h5-7,13-14H,4,8-10H2,1-3H3,(H,18,20)/t13-,14-/m0/s1. The number of aromatic amines is 1. The highest BCUT2D eigenvalue weighted by Crippen LogP contribution is 2.23. The molecule has 1 N–H and O–H groups in total. The Morgan fingerprint density at radius 3 is 2.92 bits per heavy atom. The number of nitrogens with zero attached hydrogens (tertiary/aromatic N) is 5. The van der Waals surface area contributed by atoms with Crippen LogP contribution in [-0.4, -0.2) is 67.8 Å². The lowest BCUT2D eigenvalue weighted by Crippen LogP contribution is -2.41. The topological polar surface area (TPSA) is 70.1 Å². The number of aryl methyl sites for hydroxylation is 2. The van der Waals surface area contributed by atoms with Gasteiger partial charge in [0.05, 0.1) is 12.4 Å². The van der Waals surface area contributed by atoms with Gasteiger partial charge in [-0.05, 0) is 13.3 Å². The molecule has 1 amide bonds. The summed E-state index contributed by atoms with van der Waals surface area (Å²) >= 11 is 0. The summed E-state index contributed by atoms with van der Waals surface area (Å²) in [5.41, 5.74) is 1.51. The minimum atomic E-state index is -0.857. The first-order chi connectivity index (χ1) is 11.4. The number of halogens is 1. The summed E-state index contributed by atoms with van der Waals surface area (Å²) in [6.45, 7) is 3.32. The highest BCUT2D eigenvalue weighted by molar-refractivity contribution is 5.92. The molecule has 1 saturated heterocycles. The van der Waals surface area contributed by atoms with Crippen LogP contribution in [0.4, 0.5) is 4.39 Å². The molecule has 1 aliphatic heterocycles. The van der Waals surface area contributed by atoms with Crippen molar-refractivity contribution in [3.8, 4) is 0 Å². The first kappa shape index (κ1) is 16.6. The maximum absolute atomic E-state index is 13.9. The number of carbonyl (C=O) groups is 1. The molecule has 8 heteroatoms. The number of carbonyl (C=O) groups excluding carboxylic acids is 1. The molecule has 0 radical (unpaired) electrons. The zero-order chi connectivity index (χ0) is 17.3. The number of aromatic nitrogens is 4. The minimum absolute atomic E-state index is 0.00169. The zero-order valence-corrected chi connectivity index (χ0v) is 14.2. The van der Waals surface area contributed by atoms with Gasteiger partial charge >= 0.3 is 0 Å². The van der Waals surface area contributed by atoms with E-state index in [4.69, 9.17) is 0 Å². The third kappa shape index (κ3) is 3.64. The first-order valence-electron chi connectivity index (χ1n) is 8.05. The molecular weight excluding hydrogens is 311 g/mol. The molecule has 3 heterocycles. The molecule has 0 aromatic carbocycles. The van der Waals surface area contributed by atoms with E-state index in [0.717, 1.165) is 5.56 Å². The largest absolute Gasteiger partial charge is 0.339 e. The molecule has 0 aliphatic carbocycles. The van der Waals surface area contributed by atoms with E-state index in [1.807, 2.05) is 13.2 Å². The Hall–Kier alpha value is -2.22. The molecule has 0 saturated carbocycles. The minimum Gasteiger partial charge on any atom is -0.339 e. The van der Waals surface area contributed by atoms with Crippen LogP contribution in [-0.2, 0) is 13.6 Å². The summed E-state index contributed by atoms with van der Waals surface area (Å²) in [7, 11) is 3.61. The van der Waals surface area contributed by atoms with E-state index in [2.05, 4.69) is 20.0 Å². The van der Waals surface area contributed by atoms with Gasteiger partial charge in [-0.1, -0.05) is 0 Å². The van der Waals surface area contributed by atoms with Crippen molar-refractivity contribution in [1.29, 1.82) is 0 Å².